The van der Waals surface area contributed by atoms with Crippen LogP contribution in [0.3, 0.4) is 0 Å². The number of dihydropyridines is 1. The van der Waals surface area contributed by atoms with Crippen molar-refractivity contribution in [2.24, 2.45) is 5.92 Å². The van der Waals surface area contributed by atoms with Crippen LogP contribution in [-0.4, -0.2) is 53.9 Å². The highest BCUT2D eigenvalue weighted by atomic mass is 32.2. The van der Waals surface area contributed by atoms with Crippen LogP contribution in [0.1, 0.15) is 77.6 Å². The summed E-state index contributed by atoms with van der Waals surface area (Å²) in [4.78, 5) is 26.3. The molecule has 0 aromatic carbocycles. The molecule has 2 saturated carbocycles. The van der Waals surface area contributed by atoms with Crippen molar-refractivity contribution in [1.29, 1.82) is 5.26 Å². The molecule has 7 nitrogen and oxygen atoms in total. The van der Waals surface area contributed by atoms with Crippen molar-refractivity contribution >= 4 is 35.3 Å². The number of methoxy groups -OCH3 is 1. The third-order valence-electron chi connectivity index (χ3n) is 7.93. The van der Waals surface area contributed by atoms with Gasteiger partial charge in [-0.05, 0) is 64.0 Å². The summed E-state index contributed by atoms with van der Waals surface area (Å²) in [5, 5.41) is 20.9. The molecular weight excluding hydrogens is 492 g/mol. The molecule has 2 atom stereocenters. The smallest absolute Gasteiger partial charge is 0.249 e. The Balaban J connectivity index is 1.44. The van der Waals surface area contributed by atoms with Gasteiger partial charge in [-0.25, -0.2) is 0 Å². The maximum atomic E-state index is 13.5. The second kappa shape index (κ2) is 13.3. The Morgan fingerprint density at radius 2 is 1.78 bits per heavy atom. The Hall–Kier alpha value is -1.63. The van der Waals surface area contributed by atoms with E-state index in [1.165, 1.54) is 18.2 Å². The van der Waals surface area contributed by atoms with Crippen LogP contribution >= 0.6 is 23.5 Å². The van der Waals surface area contributed by atoms with E-state index in [9.17, 15) is 14.9 Å². The first-order chi connectivity index (χ1) is 17.5. The van der Waals surface area contributed by atoms with Crippen LogP contribution < -0.4 is 16.0 Å². The molecular formula is C27H40N4O3S2. The van der Waals surface area contributed by atoms with Gasteiger partial charge in [0.15, 0.2) is 0 Å². The molecule has 2 heterocycles. The van der Waals surface area contributed by atoms with E-state index in [-0.39, 0.29) is 40.8 Å². The van der Waals surface area contributed by atoms with Gasteiger partial charge in [0, 0.05) is 41.6 Å². The zero-order valence-electron chi connectivity index (χ0n) is 21.6. The normalized spacial score (nSPS) is 29.5. The minimum absolute atomic E-state index is 0.0123. The van der Waals surface area contributed by atoms with Crippen molar-refractivity contribution in [3.05, 3.63) is 21.9 Å². The van der Waals surface area contributed by atoms with Crippen molar-refractivity contribution in [2.75, 3.05) is 18.6 Å². The van der Waals surface area contributed by atoms with Crippen LogP contribution in [0.25, 0.3) is 0 Å². The summed E-state index contributed by atoms with van der Waals surface area (Å²) < 4.78 is 5.43. The van der Waals surface area contributed by atoms with Crippen LogP contribution in [0, 0.1) is 17.2 Å². The molecule has 36 heavy (non-hydrogen) atoms. The third kappa shape index (κ3) is 6.81. The van der Waals surface area contributed by atoms with Crippen LogP contribution in [0.15, 0.2) is 21.9 Å². The molecule has 0 radical (unpaired) electrons. The summed E-state index contributed by atoms with van der Waals surface area (Å²) in [6.45, 7) is 1.94. The highest BCUT2D eigenvalue weighted by Crippen LogP contribution is 2.44. The first-order valence-electron chi connectivity index (χ1n) is 13.5. The molecule has 0 aromatic heterocycles. The summed E-state index contributed by atoms with van der Waals surface area (Å²) in [5.74, 6) is 1.02. The van der Waals surface area contributed by atoms with E-state index in [4.69, 9.17) is 4.74 Å². The van der Waals surface area contributed by atoms with Gasteiger partial charge in [-0.2, -0.15) is 17.0 Å². The lowest BCUT2D eigenvalue weighted by Gasteiger charge is -2.34. The minimum Gasteiger partial charge on any atom is -0.381 e. The fourth-order valence-electron chi connectivity index (χ4n) is 5.97. The van der Waals surface area contributed by atoms with Crippen molar-refractivity contribution < 1.29 is 14.3 Å². The molecule has 198 valence electrons. The molecule has 4 rings (SSSR count). The molecule has 2 unspecified atom stereocenters. The molecule has 9 heteroatoms. The molecule has 0 spiro atoms. The van der Waals surface area contributed by atoms with Gasteiger partial charge in [-0.1, -0.05) is 31.0 Å². The van der Waals surface area contributed by atoms with Crippen molar-refractivity contribution in [2.45, 2.75) is 101 Å². The van der Waals surface area contributed by atoms with Gasteiger partial charge in [0.2, 0.25) is 11.8 Å². The molecule has 0 aromatic rings. The van der Waals surface area contributed by atoms with Crippen molar-refractivity contribution in [3.63, 3.8) is 0 Å². The van der Waals surface area contributed by atoms with Gasteiger partial charge in [0.25, 0.3) is 0 Å². The van der Waals surface area contributed by atoms with E-state index < -0.39 is 0 Å². The standard InChI is InChI=1S/C27H40N4O3S2/c1-17-24(26(33)31-18-7-4-3-5-8-18)25(22-9-6-14-35-22)21(15-28)27(29-17)36-16-23(32)30-19-10-12-20(34-2)13-11-19/h18-20,22,25,29H,3-14,16H2,1-2H3,(H,30,32)(H,31,33). The summed E-state index contributed by atoms with van der Waals surface area (Å²) in [7, 11) is 1.75. The average molecular weight is 533 g/mol. The van der Waals surface area contributed by atoms with E-state index in [2.05, 4.69) is 22.0 Å². The maximum Gasteiger partial charge on any atom is 0.249 e. The first kappa shape index (κ1) is 27.4. The van der Waals surface area contributed by atoms with E-state index in [1.807, 2.05) is 18.7 Å². The second-order valence-electron chi connectivity index (χ2n) is 10.4. The lowest BCUT2D eigenvalue weighted by atomic mass is 9.83. The largest absolute Gasteiger partial charge is 0.381 e. The molecule has 2 amide bonds. The zero-order valence-corrected chi connectivity index (χ0v) is 23.2. The summed E-state index contributed by atoms with van der Waals surface area (Å²) in [6.07, 6.45) is 11.8. The Bertz CT molecular complexity index is 908. The lowest BCUT2D eigenvalue weighted by molar-refractivity contribution is -0.120. The number of ether oxygens (including phenoxy) is 1. The van der Waals surface area contributed by atoms with Crippen molar-refractivity contribution in [1.82, 2.24) is 16.0 Å². The Morgan fingerprint density at radius 3 is 2.42 bits per heavy atom. The van der Waals surface area contributed by atoms with E-state index >= 15 is 0 Å². The summed E-state index contributed by atoms with van der Waals surface area (Å²) in [6, 6.07) is 2.84. The Kier molecular flexibility index (Phi) is 10.1. The number of thioether (sulfide) groups is 2. The summed E-state index contributed by atoms with van der Waals surface area (Å²) >= 11 is 3.24. The fourth-order valence-corrected chi connectivity index (χ4v) is 8.31. The predicted molar refractivity (Wildman–Crippen MR) is 146 cm³/mol. The van der Waals surface area contributed by atoms with Gasteiger partial charge in [-0.3, -0.25) is 9.59 Å². The number of nitriles is 1. The van der Waals surface area contributed by atoms with Gasteiger partial charge in [0.05, 0.1) is 28.5 Å². The van der Waals surface area contributed by atoms with Crippen LogP contribution in [0.5, 0.6) is 0 Å². The minimum atomic E-state index is -0.234. The molecule has 0 bridgehead atoms. The van der Waals surface area contributed by atoms with Gasteiger partial charge in [-0.15, -0.1) is 0 Å². The molecule has 1 saturated heterocycles. The first-order valence-corrected chi connectivity index (χ1v) is 15.5. The van der Waals surface area contributed by atoms with Crippen molar-refractivity contribution in [3.8, 4) is 6.07 Å². The number of carbonyl (C=O) groups excluding carboxylic acids is 2. The molecule has 2 aliphatic heterocycles. The number of amides is 2. The maximum absolute atomic E-state index is 13.5. The molecule has 2 aliphatic carbocycles. The van der Waals surface area contributed by atoms with Gasteiger partial charge < -0.3 is 20.7 Å². The average Bonchev–Trinajstić information content (AvgIpc) is 3.42. The lowest BCUT2D eigenvalue weighted by Crippen LogP contribution is -2.43. The number of hydrogen-bond acceptors (Lipinski definition) is 7. The monoisotopic (exact) mass is 532 g/mol. The number of nitrogens with zero attached hydrogens (tertiary/aromatic N) is 1. The van der Waals surface area contributed by atoms with E-state index in [1.54, 1.807) is 7.11 Å². The topological polar surface area (TPSA) is 103 Å². The highest BCUT2D eigenvalue weighted by Gasteiger charge is 2.40. The highest BCUT2D eigenvalue weighted by molar-refractivity contribution is 8.03. The fraction of sp³-hybridized carbons (Fsp3) is 0.741. The van der Waals surface area contributed by atoms with Crippen LogP contribution in [0.2, 0.25) is 0 Å². The number of nitrogens with one attached hydrogen (secondary N) is 3. The van der Waals surface area contributed by atoms with E-state index in [0.29, 0.717) is 17.3 Å². The third-order valence-corrected chi connectivity index (χ3v) is 10.4. The van der Waals surface area contributed by atoms with Gasteiger partial charge in [0.1, 0.15) is 0 Å². The molecule has 3 N–H and O–H groups in total. The number of hydrogen-bond donors (Lipinski definition) is 3. The number of carbonyl (C=O) groups is 2. The quantitative estimate of drug-likeness (QED) is 0.427. The predicted octanol–water partition coefficient (Wildman–Crippen LogP) is 4.37. The summed E-state index contributed by atoms with van der Waals surface area (Å²) in [5.41, 5.74) is 2.12. The SMILES string of the molecule is COC1CCC(NC(=O)CSC2=C(C#N)C(C3CCCS3)C(C(=O)NC3CCCCC3)=C(C)N2)CC1. The number of allylic oxidation sites excluding steroid dienone is 2. The molecule has 3 fully saturated rings. The Morgan fingerprint density at radius 1 is 1.06 bits per heavy atom. The second-order valence-corrected chi connectivity index (χ2v) is 12.8. The zero-order chi connectivity index (χ0) is 25.5. The van der Waals surface area contributed by atoms with E-state index in [0.717, 1.165) is 80.7 Å². The number of rotatable bonds is 8. The van der Waals surface area contributed by atoms with Crippen LogP contribution in [-0.2, 0) is 14.3 Å². The Labute approximate surface area is 224 Å². The molecule has 4 aliphatic rings. The van der Waals surface area contributed by atoms with Gasteiger partial charge >= 0.3 is 0 Å². The van der Waals surface area contributed by atoms with Crippen LogP contribution in [0.4, 0.5) is 0 Å².